The molecule has 1 aromatic rings. The van der Waals surface area contributed by atoms with E-state index >= 15 is 0 Å². The number of nitrogens with zero attached hydrogens (tertiary/aromatic N) is 2. The Morgan fingerprint density at radius 1 is 1.15 bits per heavy atom. The lowest BCUT2D eigenvalue weighted by atomic mass is 10.0. The maximum Gasteiger partial charge on any atom is 0.256 e. The summed E-state index contributed by atoms with van der Waals surface area (Å²) in [6.45, 7) is 7.79. The van der Waals surface area contributed by atoms with Crippen molar-refractivity contribution in [2.24, 2.45) is 5.16 Å². The van der Waals surface area contributed by atoms with Gasteiger partial charge in [-0.1, -0.05) is 35.5 Å². The third-order valence-electron chi connectivity index (χ3n) is 3.25. The third-order valence-corrected chi connectivity index (χ3v) is 3.25. The Bertz CT molecular complexity index is 580. The first-order valence-corrected chi connectivity index (χ1v) is 6.60. The molecule has 0 bridgehead atoms. The first-order chi connectivity index (χ1) is 9.38. The maximum atomic E-state index is 12.6. The van der Waals surface area contributed by atoms with Crippen LogP contribution in [-0.2, 0) is 9.63 Å². The molecule has 0 radical (unpaired) electrons. The SMILES string of the molecule is CO/N=C1\C(c2ccccc2)=C(C)C(=O)N1C(C)(C)C. The van der Waals surface area contributed by atoms with E-state index < -0.39 is 0 Å². The van der Waals surface area contributed by atoms with Crippen LogP contribution in [-0.4, -0.2) is 29.3 Å². The normalized spacial score (nSPS) is 18.1. The van der Waals surface area contributed by atoms with Crippen molar-refractivity contribution in [3.05, 3.63) is 41.5 Å². The molecule has 0 aliphatic carbocycles. The molecular formula is C16H20N2O2. The molecule has 20 heavy (non-hydrogen) atoms. The Morgan fingerprint density at radius 3 is 2.25 bits per heavy atom. The number of carbonyl (C=O) groups excluding carboxylic acids is 1. The lowest BCUT2D eigenvalue weighted by Crippen LogP contribution is -2.46. The van der Waals surface area contributed by atoms with E-state index in [1.165, 1.54) is 7.11 Å². The standard InChI is InChI=1S/C16H20N2O2/c1-11-13(12-9-7-6-8-10-12)14(17-20-5)18(15(11)19)16(2,3)4/h6-10H,1-5H3/b17-14+. The maximum absolute atomic E-state index is 12.6. The smallest absolute Gasteiger partial charge is 0.256 e. The van der Waals surface area contributed by atoms with Crippen molar-refractivity contribution < 1.29 is 9.63 Å². The van der Waals surface area contributed by atoms with Gasteiger partial charge >= 0.3 is 0 Å². The summed E-state index contributed by atoms with van der Waals surface area (Å²) in [6, 6.07) is 9.80. The van der Waals surface area contributed by atoms with Crippen molar-refractivity contribution in [1.29, 1.82) is 0 Å². The number of hydrogen-bond donors (Lipinski definition) is 0. The summed E-state index contributed by atoms with van der Waals surface area (Å²) in [5.41, 5.74) is 2.15. The van der Waals surface area contributed by atoms with Crippen LogP contribution in [0.1, 0.15) is 33.3 Å². The van der Waals surface area contributed by atoms with E-state index in [4.69, 9.17) is 4.84 Å². The molecule has 0 aromatic heterocycles. The van der Waals surface area contributed by atoms with Gasteiger partial charge in [-0.3, -0.25) is 9.69 Å². The van der Waals surface area contributed by atoms with Crippen LogP contribution in [0, 0.1) is 0 Å². The van der Waals surface area contributed by atoms with Crippen LogP contribution in [0.4, 0.5) is 0 Å². The third kappa shape index (κ3) is 2.33. The summed E-state index contributed by atoms with van der Waals surface area (Å²) in [4.78, 5) is 19.2. The number of amidine groups is 1. The second kappa shape index (κ2) is 5.12. The minimum absolute atomic E-state index is 0.0212. The Hall–Kier alpha value is -2.10. The molecule has 106 valence electrons. The Balaban J connectivity index is 2.61. The molecule has 4 nitrogen and oxygen atoms in total. The molecule has 0 saturated carbocycles. The number of amides is 1. The van der Waals surface area contributed by atoms with E-state index in [0.717, 1.165) is 11.1 Å². The van der Waals surface area contributed by atoms with Crippen LogP contribution in [0.2, 0.25) is 0 Å². The molecule has 4 heteroatoms. The second-order valence-corrected chi connectivity index (χ2v) is 5.77. The van der Waals surface area contributed by atoms with E-state index in [0.29, 0.717) is 11.4 Å². The molecule has 0 atom stereocenters. The van der Waals surface area contributed by atoms with Gasteiger partial charge in [-0.15, -0.1) is 0 Å². The van der Waals surface area contributed by atoms with Crippen LogP contribution < -0.4 is 0 Å². The Labute approximate surface area is 119 Å². The van der Waals surface area contributed by atoms with Crippen molar-refractivity contribution in [3.63, 3.8) is 0 Å². The molecule has 1 amide bonds. The van der Waals surface area contributed by atoms with Gasteiger partial charge in [-0.25, -0.2) is 0 Å². The molecule has 0 spiro atoms. The summed E-state index contributed by atoms with van der Waals surface area (Å²) < 4.78 is 0. The van der Waals surface area contributed by atoms with E-state index in [-0.39, 0.29) is 11.4 Å². The van der Waals surface area contributed by atoms with Crippen molar-refractivity contribution in [2.75, 3.05) is 7.11 Å². The van der Waals surface area contributed by atoms with Gasteiger partial charge in [0.25, 0.3) is 5.91 Å². The minimum Gasteiger partial charge on any atom is -0.397 e. The number of rotatable bonds is 2. The number of oxime groups is 1. The molecule has 0 N–H and O–H groups in total. The fourth-order valence-corrected chi connectivity index (χ4v) is 2.40. The molecular weight excluding hydrogens is 252 g/mol. The molecule has 2 rings (SSSR count). The molecule has 1 aromatic carbocycles. The summed E-state index contributed by atoms with van der Waals surface area (Å²) >= 11 is 0. The average Bonchev–Trinajstić information content (AvgIpc) is 2.63. The lowest BCUT2D eigenvalue weighted by Gasteiger charge is -2.32. The molecule has 1 heterocycles. The fraction of sp³-hybridized carbons (Fsp3) is 0.375. The Morgan fingerprint density at radius 2 is 1.75 bits per heavy atom. The predicted molar refractivity (Wildman–Crippen MR) is 80.1 cm³/mol. The van der Waals surface area contributed by atoms with E-state index in [9.17, 15) is 4.79 Å². The van der Waals surface area contributed by atoms with Crippen molar-refractivity contribution in [1.82, 2.24) is 4.90 Å². The molecule has 0 unspecified atom stereocenters. The van der Waals surface area contributed by atoms with Gasteiger partial charge in [0.05, 0.1) is 0 Å². The van der Waals surface area contributed by atoms with Crippen LogP contribution in [0.3, 0.4) is 0 Å². The number of hydrogen-bond acceptors (Lipinski definition) is 3. The summed E-state index contributed by atoms with van der Waals surface area (Å²) in [5, 5.41) is 4.09. The first kappa shape index (κ1) is 14.3. The second-order valence-electron chi connectivity index (χ2n) is 5.77. The number of benzene rings is 1. The average molecular weight is 272 g/mol. The van der Waals surface area contributed by atoms with Gasteiger partial charge in [-0.2, -0.15) is 0 Å². The van der Waals surface area contributed by atoms with E-state index in [2.05, 4.69) is 5.16 Å². The topological polar surface area (TPSA) is 41.9 Å². The lowest BCUT2D eigenvalue weighted by molar-refractivity contribution is -0.125. The van der Waals surface area contributed by atoms with Crippen LogP contribution >= 0.6 is 0 Å². The zero-order valence-corrected chi connectivity index (χ0v) is 12.6. The van der Waals surface area contributed by atoms with Gasteiger partial charge in [0.2, 0.25) is 0 Å². The zero-order valence-electron chi connectivity index (χ0n) is 12.6. The Kier molecular flexibility index (Phi) is 3.66. The highest BCUT2D eigenvalue weighted by molar-refractivity contribution is 6.37. The summed E-state index contributed by atoms with van der Waals surface area (Å²) in [6.07, 6.45) is 0. The molecule has 1 aliphatic heterocycles. The van der Waals surface area contributed by atoms with E-state index in [1.807, 2.05) is 58.0 Å². The molecule has 0 saturated heterocycles. The van der Waals surface area contributed by atoms with Crippen molar-refractivity contribution in [2.45, 2.75) is 33.2 Å². The molecule has 1 aliphatic rings. The molecule has 0 fully saturated rings. The fourth-order valence-electron chi connectivity index (χ4n) is 2.40. The minimum atomic E-state index is -0.355. The monoisotopic (exact) mass is 272 g/mol. The number of carbonyl (C=O) groups is 1. The van der Waals surface area contributed by atoms with Crippen molar-refractivity contribution in [3.8, 4) is 0 Å². The highest BCUT2D eigenvalue weighted by atomic mass is 16.6. The van der Waals surface area contributed by atoms with Gasteiger partial charge in [0.15, 0.2) is 5.84 Å². The summed E-state index contributed by atoms with van der Waals surface area (Å²) in [5.74, 6) is 0.556. The van der Waals surface area contributed by atoms with Crippen LogP contribution in [0.25, 0.3) is 5.57 Å². The summed E-state index contributed by atoms with van der Waals surface area (Å²) in [7, 11) is 1.49. The largest absolute Gasteiger partial charge is 0.397 e. The van der Waals surface area contributed by atoms with Gasteiger partial charge in [-0.05, 0) is 33.3 Å². The van der Waals surface area contributed by atoms with Gasteiger partial charge in [0.1, 0.15) is 7.11 Å². The van der Waals surface area contributed by atoms with Crippen molar-refractivity contribution >= 4 is 17.3 Å². The highest BCUT2D eigenvalue weighted by Gasteiger charge is 2.41. The van der Waals surface area contributed by atoms with Gasteiger partial charge < -0.3 is 4.84 Å². The first-order valence-electron chi connectivity index (χ1n) is 6.60. The highest BCUT2D eigenvalue weighted by Crippen LogP contribution is 2.34. The quantitative estimate of drug-likeness (QED) is 0.776. The van der Waals surface area contributed by atoms with Gasteiger partial charge in [0, 0.05) is 16.7 Å². The van der Waals surface area contributed by atoms with Crippen LogP contribution in [0.5, 0.6) is 0 Å². The predicted octanol–water partition coefficient (Wildman–Crippen LogP) is 3.06. The van der Waals surface area contributed by atoms with E-state index in [1.54, 1.807) is 4.90 Å². The van der Waals surface area contributed by atoms with Crippen LogP contribution in [0.15, 0.2) is 41.1 Å². The zero-order chi connectivity index (χ0) is 14.9.